The van der Waals surface area contributed by atoms with Gasteiger partial charge >= 0.3 is 0 Å². The summed E-state index contributed by atoms with van der Waals surface area (Å²) in [5, 5.41) is 6.59. The van der Waals surface area contributed by atoms with Crippen LogP contribution >= 0.6 is 0 Å². The molecule has 20 heavy (non-hydrogen) atoms. The second-order valence-corrected chi connectivity index (χ2v) is 5.67. The van der Waals surface area contributed by atoms with E-state index in [0.717, 1.165) is 24.7 Å². The van der Waals surface area contributed by atoms with Crippen molar-refractivity contribution in [1.29, 1.82) is 0 Å². The van der Waals surface area contributed by atoms with E-state index in [-0.39, 0.29) is 0 Å². The van der Waals surface area contributed by atoms with Crippen molar-refractivity contribution in [2.24, 2.45) is 17.8 Å². The van der Waals surface area contributed by atoms with Crippen molar-refractivity contribution in [1.82, 2.24) is 9.97 Å². The maximum atomic E-state index is 5.43. The number of rotatable bonds is 8. The second-order valence-electron chi connectivity index (χ2n) is 5.67. The first-order valence-corrected chi connectivity index (χ1v) is 7.37. The van der Waals surface area contributed by atoms with Crippen molar-refractivity contribution in [3.63, 3.8) is 0 Å². The average molecular weight is 280 g/mol. The molecule has 1 heterocycles. The third-order valence-corrected chi connectivity index (χ3v) is 3.57. The summed E-state index contributed by atoms with van der Waals surface area (Å²) in [5.74, 6) is 4.02. The summed E-state index contributed by atoms with van der Waals surface area (Å²) in [5.41, 5.74) is 0. The van der Waals surface area contributed by atoms with Gasteiger partial charge in [-0.05, 0) is 24.7 Å². The molecule has 1 aromatic heterocycles. The molecule has 2 N–H and O–H groups in total. The molecule has 0 spiro atoms. The zero-order chi connectivity index (χ0) is 15.1. The molecular weight excluding hydrogens is 252 g/mol. The van der Waals surface area contributed by atoms with Gasteiger partial charge in [-0.25, -0.2) is 9.97 Å². The highest BCUT2D eigenvalue weighted by atomic mass is 16.5. The quantitative estimate of drug-likeness (QED) is 0.765. The maximum Gasteiger partial charge on any atom is 0.204 e. The molecule has 0 atom stereocenters. The van der Waals surface area contributed by atoms with E-state index < -0.39 is 0 Å². The minimum absolute atomic E-state index is 0.595. The number of nitrogens with zero attached hydrogens (tertiary/aromatic N) is 2. The van der Waals surface area contributed by atoms with E-state index in [2.05, 4.69) is 48.3 Å². The summed E-state index contributed by atoms with van der Waals surface area (Å²) in [6.45, 7) is 12.7. The molecule has 0 bridgehead atoms. The van der Waals surface area contributed by atoms with E-state index >= 15 is 0 Å². The number of ether oxygens (including phenoxy) is 1. The van der Waals surface area contributed by atoms with Gasteiger partial charge in [0.1, 0.15) is 6.33 Å². The zero-order valence-electron chi connectivity index (χ0n) is 13.5. The molecule has 0 radical (unpaired) electrons. The Hall–Kier alpha value is -1.52. The smallest absolute Gasteiger partial charge is 0.204 e. The highest BCUT2D eigenvalue weighted by molar-refractivity contribution is 5.63. The van der Waals surface area contributed by atoms with E-state index in [1.54, 1.807) is 13.4 Å². The van der Waals surface area contributed by atoms with Crippen LogP contribution in [0.5, 0.6) is 5.75 Å². The van der Waals surface area contributed by atoms with Crippen LogP contribution in [0.4, 0.5) is 11.6 Å². The van der Waals surface area contributed by atoms with Gasteiger partial charge in [0.25, 0.3) is 0 Å². The SMILES string of the molecule is CCNc1ncnc(NCC(C(C)C)C(C)C)c1OC. The molecule has 114 valence electrons. The summed E-state index contributed by atoms with van der Waals surface area (Å²) in [7, 11) is 1.65. The molecule has 0 aliphatic rings. The lowest BCUT2D eigenvalue weighted by Crippen LogP contribution is -2.25. The van der Waals surface area contributed by atoms with Crippen LogP contribution in [-0.2, 0) is 0 Å². The Bertz CT molecular complexity index is 399. The third kappa shape index (κ3) is 4.25. The number of anilines is 2. The lowest BCUT2D eigenvalue weighted by Gasteiger charge is -2.25. The molecule has 0 fully saturated rings. The summed E-state index contributed by atoms with van der Waals surface area (Å²) < 4.78 is 5.43. The molecule has 0 saturated heterocycles. The average Bonchev–Trinajstić information content (AvgIpc) is 2.38. The van der Waals surface area contributed by atoms with Crippen LogP contribution < -0.4 is 15.4 Å². The minimum Gasteiger partial charge on any atom is -0.490 e. The predicted octanol–water partition coefficient (Wildman–Crippen LogP) is 3.26. The van der Waals surface area contributed by atoms with Crippen LogP contribution in [0.25, 0.3) is 0 Å². The van der Waals surface area contributed by atoms with Crippen molar-refractivity contribution in [2.45, 2.75) is 34.6 Å². The molecule has 1 aromatic rings. The molecule has 0 aliphatic heterocycles. The summed E-state index contributed by atoms with van der Waals surface area (Å²) in [6, 6.07) is 0. The van der Waals surface area contributed by atoms with E-state index in [4.69, 9.17) is 4.74 Å². The normalized spacial score (nSPS) is 11.2. The molecule has 0 aromatic carbocycles. The molecule has 0 unspecified atom stereocenters. The van der Waals surface area contributed by atoms with Gasteiger partial charge in [0.15, 0.2) is 11.6 Å². The van der Waals surface area contributed by atoms with E-state index in [0.29, 0.717) is 23.5 Å². The highest BCUT2D eigenvalue weighted by Crippen LogP contribution is 2.30. The third-order valence-electron chi connectivity index (χ3n) is 3.57. The van der Waals surface area contributed by atoms with Gasteiger partial charge in [0.2, 0.25) is 5.75 Å². The largest absolute Gasteiger partial charge is 0.490 e. The van der Waals surface area contributed by atoms with Gasteiger partial charge in [0.05, 0.1) is 7.11 Å². The van der Waals surface area contributed by atoms with Crippen LogP contribution in [0.2, 0.25) is 0 Å². The number of hydrogen-bond acceptors (Lipinski definition) is 5. The van der Waals surface area contributed by atoms with Crippen LogP contribution in [0, 0.1) is 17.8 Å². The Kier molecular flexibility index (Phi) is 6.55. The van der Waals surface area contributed by atoms with Crippen molar-refractivity contribution in [3.8, 4) is 5.75 Å². The van der Waals surface area contributed by atoms with Crippen LogP contribution in [0.3, 0.4) is 0 Å². The first-order valence-electron chi connectivity index (χ1n) is 7.37. The molecule has 5 nitrogen and oxygen atoms in total. The highest BCUT2D eigenvalue weighted by Gasteiger charge is 2.19. The Labute approximate surface area is 122 Å². The van der Waals surface area contributed by atoms with Crippen molar-refractivity contribution >= 4 is 11.6 Å². The number of hydrogen-bond donors (Lipinski definition) is 2. The molecule has 1 rings (SSSR count). The molecule has 5 heteroatoms. The minimum atomic E-state index is 0.595. The Balaban J connectivity index is 2.84. The molecule has 0 amide bonds. The van der Waals surface area contributed by atoms with Crippen LogP contribution in [-0.4, -0.2) is 30.2 Å². The summed E-state index contributed by atoms with van der Waals surface area (Å²) in [6.07, 6.45) is 1.56. The number of methoxy groups -OCH3 is 1. The van der Waals surface area contributed by atoms with Gasteiger partial charge in [-0.1, -0.05) is 27.7 Å². The first kappa shape index (κ1) is 16.5. The fraction of sp³-hybridized carbons (Fsp3) is 0.733. The van der Waals surface area contributed by atoms with Gasteiger partial charge in [-0.15, -0.1) is 0 Å². The predicted molar refractivity (Wildman–Crippen MR) is 84.4 cm³/mol. The monoisotopic (exact) mass is 280 g/mol. The van der Waals surface area contributed by atoms with Crippen molar-refractivity contribution in [3.05, 3.63) is 6.33 Å². The Morgan fingerprint density at radius 2 is 1.60 bits per heavy atom. The first-order chi connectivity index (χ1) is 9.51. The standard InChI is InChI=1S/C15H28N4O/c1-7-16-14-13(20-6)15(19-9-18-14)17-8-12(10(2)3)11(4)5/h9-12H,7-8H2,1-6H3,(H2,16,17,18,19). The zero-order valence-corrected chi connectivity index (χ0v) is 13.5. The van der Waals surface area contributed by atoms with E-state index in [1.165, 1.54) is 0 Å². The summed E-state index contributed by atoms with van der Waals surface area (Å²) >= 11 is 0. The molecule has 0 aliphatic carbocycles. The number of nitrogens with one attached hydrogen (secondary N) is 2. The number of aromatic nitrogens is 2. The van der Waals surface area contributed by atoms with Gasteiger partial charge in [-0.3, -0.25) is 0 Å². The lowest BCUT2D eigenvalue weighted by atomic mass is 9.85. The van der Waals surface area contributed by atoms with E-state index in [9.17, 15) is 0 Å². The van der Waals surface area contributed by atoms with Gasteiger partial charge in [0, 0.05) is 13.1 Å². The Morgan fingerprint density at radius 1 is 1.05 bits per heavy atom. The molecular formula is C15H28N4O. The van der Waals surface area contributed by atoms with E-state index in [1.807, 2.05) is 6.92 Å². The van der Waals surface area contributed by atoms with Gasteiger partial charge < -0.3 is 15.4 Å². The summed E-state index contributed by atoms with van der Waals surface area (Å²) in [4.78, 5) is 8.51. The Morgan fingerprint density at radius 3 is 2.05 bits per heavy atom. The van der Waals surface area contributed by atoms with Gasteiger partial charge in [-0.2, -0.15) is 0 Å². The topological polar surface area (TPSA) is 59.1 Å². The maximum absolute atomic E-state index is 5.43. The van der Waals surface area contributed by atoms with Crippen LogP contribution in [0.15, 0.2) is 6.33 Å². The van der Waals surface area contributed by atoms with Crippen LogP contribution in [0.1, 0.15) is 34.6 Å². The fourth-order valence-corrected chi connectivity index (χ4v) is 2.44. The van der Waals surface area contributed by atoms with Crippen molar-refractivity contribution < 1.29 is 4.74 Å². The fourth-order valence-electron chi connectivity index (χ4n) is 2.44. The molecule has 0 saturated carbocycles. The lowest BCUT2D eigenvalue weighted by molar-refractivity contribution is 0.303. The van der Waals surface area contributed by atoms with Crippen molar-refractivity contribution in [2.75, 3.05) is 30.8 Å². The second kappa shape index (κ2) is 7.92.